The fourth-order valence-corrected chi connectivity index (χ4v) is 4.40. The van der Waals surface area contributed by atoms with Gasteiger partial charge in [-0.1, -0.05) is 36.4 Å². The molecule has 0 radical (unpaired) electrons. The van der Waals surface area contributed by atoms with E-state index in [0.29, 0.717) is 11.4 Å². The number of carbonyl (C=O) groups excluding carboxylic acids is 2. The van der Waals surface area contributed by atoms with Crippen molar-refractivity contribution in [3.63, 3.8) is 0 Å². The molecule has 32 heavy (non-hydrogen) atoms. The van der Waals surface area contributed by atoms with E-state index in [-0.39, 0.29) is 0 Å². The molecule has 1 aliphatic rings. The highest BCUT2D eigenvalue weighted by Crippen LogP contribution is 2.29. The van der Waals surface area contributed by atoms with E-state index >= 15 is 0 Å². The molecule has 0 unspecified atom stereocenters. The van der Waals surface area contributed by atoms with E-state index in [4.69, 9.17) is 0 Å². The Labute approximate surface area is 187 Å². The summed E-state index contributed by atoms with van der Waals surface area (Å²) in [5.41, 5.74) is 4.66. The van der Waals surface area contributed by atoms with Crippen molar-refractivity contribution in [2.75, 3.05) is 23.3 Å². The van der Waals surface area contributed by atoms with Gasteiger partial charge in [0.05, 0.1) is 0 Å². The van der Waals surface area contributed by atoms with Gasteiger partial charge in [-0.15, -0.1) is 0 Å². The van der Waals surface area contributed by atoms with Crippen LogP contribution < -0.4 is 10.2 Å². The first-order chi connectivity index (χ1) is 15.7. The molecule has 1 amide bonds. The summed E-state index contributed by atoms with van der Waals surface area (Å²) >= 11 is 0. The Morgan fingerprint density at radius 1 is 0.781 bits per heavy atom. The van der Waals surface area contributed by atoms with Crippen LogP contribution in [0, 0.1) is 0 Å². The van der Waals surface area contributed by atoms with Crippen molar-refractivity contribution in [1.82, 2.24) is 4.40 Å². The summed E-state index contributed by atoms with van der Waals surface area (Å²) < 4.78 is 1.78. The average Bonchev–Trinajstić information content (AvgIpc) is 3.25. The lowest BCUT2D eigenvalue weighted by molar-refractivity contribution is -0.112. The summed E-state index contributed by atoms with van der Waals surface area (Å²) in [5, 5.41) is 2.78. The van der Waals surface area contributed by atoms with E-state index in [1.165, 1.54) is 19.3 Å². The van der Waals surface area contributed by atoms with Crippen LogP contribution in [0.1, 0.15) is 29.8 Å². The number of anilines is 2. The molecule has 2 aromatic carbocycles. The average molecular weight is 424 g/mol. The van der Waals surface area contributed by atoms with Gasteiger partial charge in [0.1, 0.15) is 5.69 Å². The van der Waals surface area contributed by atoms with Gasteiger partial charge >= 0.3 is 0 Å². The molecule has 2 aromatic heterocycles. The zero-order valence-corrected chi connectivity index (χ0v) is 17.8. The SMILES string of the molecule is O=C(Nc1ccc(N2CCCCC2)cc1)C(=O)c1c(-c2ccccc2)cc2ccccn12. The molecule has 1 saturated heterocycles. The number of nitrogens with one attached hydrogen (secondary N) is 1. The molecular weight excluding hydrogens is 398 g/mol. The summed E-state index contributed by atoms with van der Waals surface area (Å²) in [5.74, 6) is -1.20. The predicted octanol–water partition coefficient (Wildman–Crippen LogP) is 5.42. The summed E-state index contributed by atoms with van der Waals surface area (Å²) in [6, 6.07) is 25.1. The first-order valence-corrected chi connectivity index (χ1v) is 11.1. The minimum atomic E-state index is -0.642. The third-order valence-corrected chi connectivity index (χ3v) is 6.03. The Morgan fingerprint density at radius 2 is 1.50 bits per heavy atom. The number of carbonyl (C=O) groups is 2. The van der Waals surface area contributed by atoms with Gasteiger partial charge in [-0.3, -0.25) is 9.59 Å². The molecule has 4 aromatic rings. The number of Topliss-reactive ketones (excluding diaryl/α,β-unsaturated/α-hetero) is 1. The molecule has 5 nitrogen and oxygen atoms in total. The highest BCUT2D eigenvalue weighted by Gasteiger charge is 2.25. The first kappa shape index (κ1) is 20.1. The van der Waals surface area contributed by atoms with E-state index in [9.17, 15) is 9.59 Å². The van der Waals surface area contributed by atoms with Crippen LogP contribution in [0.3, 0.4) is 0 Å². The highest BCUT2D eigenvalue weighted by atomic mass is 16.2. The third kappa shape index (κ3) is 3.89. The number of fused-ring (bicyclic) bond motifs is 1. The van der Waals surface area contributed by atoms with E-state index in [2.05, 4.69) is 10.2 Å². The van der Waals surface area contributed by atoms with Gasteiger partial charge in [0.2, 0.25) is 0 Å². The van der Waals surface area contributed by atoms with E-state index in [0.717, 1.165) is 35.4 Å². The smallest absolute Gasteiger partial charge is 0.298 e. The molecule has 0 saturated carbocycles. The maximum atomic E-state index is 13.3. The van der Waals surface area contributed by atoms with Crippen LogP contribution in [0.4, 0.5) is 11.4 Å². The lowest BCUT2D eigenvalue weighted by atomic mass is 10.0. The number of rotatable bonds is 5. The number of hydrogen-bond acceptors (Lipinski definition) is 3. The van der Waals surface area contributed by atoms with Gasteiger partial charge < -0.3 is 14.6 Å². The van der Waals surface area contributed by atoms with E-state index in [1.807, 2.05) is 85.1 Å². The Morgan fingerprint density at radius 3 is 2.25 bits per heavy atom. The van der Waals surface area contributed by atoms with Crippen molar-refractivity contribution in [1.29, 1.82) is 0 Å². The molecule has 0 aliphatic carbocycles. The van der Waals surface area contributed by atoms with Crippen molar-refractivity contribution < 1.29 is 9.59 Å². The van der Waals surface area contributed by atoms with Crippen molar-refractivity contribution in [3.8, 4) is 11.1 Å². The number of ketones is 1. The largest absolute Gasteiger partial charge is 0.372 e. The zero-order chi connectivity index (χ0) is 21.9. The summed E-state index contributed by atoms with van der Waals surface area (Å²) in [4.78, 5) is 28.6. The molecule has 5 heteroatoms. The standard InChI is InChI=1S/C27H25N3O2/c31-26(27(32)28-21-12-14-22(15-13-21)29-16-6-2-7-17-29)25-24(20-9-3-1-4-10-20)19-23-11-5-8-18-30(23)25/h1,3-5,8-15,18-19H,2,6-7,16-17H2,(H,28,32). The fraction of sp³-hybridized carbons (Fsp3) is 0.185. The number of aromatic nitrogens is 1. The minimum Gasteiger partial charge on any atom is -0.372 e. The van der Waals surface area contributed by atoms with Crippen LogP contribution in [0.15, 0.2) is 85.1 Å². The minimum absolute atomic E-state index is 0.370. The normalized spacial score (nSPS) is 13.8. The second-order valence-corrected chi connectivity index (χ2v) is 8.15. The molecule has 160 valence electrons. The lowest BCUT2D eigenvalue weighted by Gasteiger charge is -2.28. The second-order valence-electron chi connectivity index (χ2n) is 8.15. The van der Waals surface area contributed by atoms with Gasteiger partial charge in [0.15, 0.2) is 0 Å². The Bertz CT molecular complexity index is 1250. The van der Waals surface area contributed by atoms with Crippen molar-refractivity contribution in [2.24, 2.45) is 0 Å². The number of hydrogen-bond donors (Lipinski definition) is 1. The first-order valence-electron chi connectivity index (χ1n) is 11.1. The van der Waals surface area contributed by atoms with E-state index in [1.54, 1.807) is 4.40 Å². The fourth-order valence-electron chi connectivity index (χ4n) is 4.40. The van der Waals surface area contributed by atoms with E-state index < -0.39 is 11.7 Å². The number of pyridine rings is 1. The number of benzene rings is 2. The Kier molecular flexibility index (Phi) is 5.46. The quantitative estimate of drug-likeness (QED) is 0.345. The molecule has 3 heterocycles. The van der Waals surface area contributed by atoms with Crippen LogP contribution in [-0.2, 0) is 4.79 Å². The molecule has 1 aliphatic heterocycles. The molecule has 0 atom stereocenters. The Balaban J connectivity index is 1.41. The van der Waals surface area contributed by atoms with Gasteiger partial charge in [-0.25, -0.2) is 0 Å². The second kappa shape index (κ2) is 8.71. The molecule has 1 fully saturated rings. The van der Waals surface area contributed by atoms with Crippen LogP contribution in [0.2, 0.25) is 0 Å². The number of piperidine rings is 1. The van der Waals surface area contributed by atoms with Gasteiger partial charge in [-0.2, -0.15) is 0 Å². The van der Waals surface area contributed by atoms with Crippen molar-refractivity contribution in [3.05, 3.63) is 90.8 Å². The monoisotopic (exact) mass is 423 g/mol. The molecule has 5 rings (SSSR count). The Hall–Kier alpha value is -3.86. The van der Waals surface area contributed by atoms with Crippen LogP contribution in [0.25, 0.3) is 16.6 Å². The number of nitrogens with zero attached hydrogens (tertiary/aromatic N) is 2. The van der Waals surface area contributed by atoms with Gasteiger partial charge in [0.25, 0.3) is 11.7 Å². The number of amides is 1. The molecule has 1 N–H and O–H groups in total. The maximum absolute atomic E-state index is 13.3. The van der Waals surface area contributed by atoms with Crippen LogP contribution >= 0.6 is 0 Å². The summed E-state index contributed by atoms with van der Waals surface area (Å²) in [7, 11) is 0. The molecule has 0 bridgehead atoms. The van der Waals surface area contributed by atoms with Gasteiger partial charge in [-0.05, 0) is 67.3 Å². The predicted molar refractivity (Wildman–Crippen MR) is 128 cm³/mol. The lowest BCUT2D eigenvalue weighted by Crippen LogP contribution is -2.29. The topological polar surface area (TPSA) is 53.8 Å². The van der Waals surface area contributed by atoms with Crippen molar-refractivity contribution in [2.45, 2.75) is 19.3 Å². The molecule has 0 spiro atoms. The van der Waals surface area contributed by atoms with Crippen molar-refractivity contribution >= 4 is 28.6 Å². The summed E-state index contributed by atoms with van der Waals surface area (Å²) in [6.07, 6.45) is 5.52. The van der Waals surface area contributed by atoms with Gasteiger partial charge in [0, 0.05) is 41.7 Å². The maximum Gasteiger partial charge on any atom is 0.298 e. The zero-order valence-electron chi connectivity index (χ0n) is 17.8. The third-order valence-electron chi connectivity index (χ3n) is 6.03. The molecular formula is C27H25N3O2. The summed E-state index contributed by atoms with van der Waals surface area (Å²) in [6.45, 7) is 2.13. The highest BCUT2D eigenvalue weighted by molar-refractivity contribution is 6.47. The van der Waals surface area contributed by atoms with Crippen LogP contribution in [0.5, 0.6) is 0 Å². The van der Waals surface area contributed by atoms with Crippen LogP contribution in [-0.4, -0.2) is 29.2 Å².